The number of aromatic nitrogens is 1. The van der Waals surface area contributed by atoms with Gasteiger partial charge in [0.15, 0.2) is 0 Å². The molecule has 9 aromatic carbocycles. The summed E-state index contributed by atoms with van der Waals surface area (Å²) in [7, 11) is 0. The van der Waals surface area contributed by atoms with E-state index < -0.39 is 0 Å². The minimum absolute atomic E-state index is 1.09. The van der Waals surface area contributed by atoms with Crippen LogP contribution in [0.3, 0.4) is 0 Å². The Bertz CT molecular complexity index is 3200. The lowest BCUT2D eigenvalue weighted by molar-refractivity contribution is 1.18. The van der Waals surface area contributed by atoms with Crippen LogP contribution in [0.1, 0.15) is 0 Å². The van der Waals surface area contributed by atoms with Gasteiger partial charge in [0.25, 0.3) is 0 Å². The van der Waals surface area contributed by atoms with Crippen LogP contribution in [0.4, 0.5) is 17.1 Å². The van der Waals surface area contributed by atoms with Gasteiger partial charge < -0.3 is 9.47 Å². The molecule has 0 saturated carbocycles. The Morgan fingerprint density at radius 2 is 0.877 bits per heavy atom. The summed E-state index contributed by atoms with van der Waals surface area (Å²) in [5, 5.41) is 5.03. The number of rotatable bonds is 7. The monoisotopic (exact) mass is 744 g/mol. The van der Waals surface area contributed by atoms with Crippen LogP contribution >= 0.6 is 11.3 Å². The van der Waals surface area contributed by atoms with Crippen LogP contribution in [0.2, 0.25) is 0 Å². The molecule has 0 saturated heterocycles. The lowest BCUT2D eigenvalue weighted by Crippen LogP contribution is -2.11. The summed E-state index contributed by atoms with van der Waals surface area (Å²) < 4.78 is 4.98. The van der Waals surface area contributed by atoms with Gasteiger partial charge in [0, 0.05) is 53.6 Å². The molecule has 0 aliphatic carbocycles. The van der Waals surface area contributed by atoms with Crippen LogP contribution < -0.4 is 4.90 Å². The lowest BCUT2D eigenvalue weighted by Gasteiger charge is -2.29. The van der Waals surface area contributed by atoms with Gasteiger partial charge in [-0.2, -0.15) is 0 Å². The molecule has 2 heterocycles. The highest BCUT2D eigenvalue weighted by atomic mass is 32.1. The number of para-hydroxylation sites is 2. The van der Waals surface area contributed by atoms with E-state index in [1.54, 1.807) is 0 Å². The molecule has 0 atom stereocenters. The van der Waals surface area contributed by atoms with Crippen molar-refractivity contribution in [2.24, 2.45) is 0 Å². The van der Waals surface area contributed by atoms with Gasteiger partial charge in [-0.1, -0.05) is 158 Å². The van der Waals surface area contributed by atoms with Gasteiger partial charge >= 0.3 is 0 Å². The highest BCUT2D eigenvalue weighted by Crippen LogP contribution is 2.49. The van der Waals surface area contributed by atoms with E-state index in [1.165, 1.54) is 75.4 Å². The number of nitrogens with zero attached hydrogens (tertiary/aromatic N) is 2. The van der Waals surface area contributed by atoms with E-state index in [-0.39, 0.29) is 0 Å². The molecule has 0 amide bonds. The molecule has 57 heavy (non-hydrogen) atoms. The summed E-state index contributed by atoms with van der Waals surface area (Å²) in [5.41, 5.74) is 14.0. The molecule has 0 fully saturated rings. The van der Waals surface area contributed by atoms with E-state index in [0.29, 0.717) is 0 Å². The molecule has 2 aromatic heterocycles. The third kappa shape index (κ3) is 5.71. The van der Waals surface area contributed by atoms with Gasteiger partial charge in [0.2, 0.25) is 0 Å². The van der Waals surface area contributed by atoms with Crippen LogP contribution in [0.25, 0.3) is 81.0 Å². The fraction of sp³-hybridized carbons (Fsp3) is 0. The van der Waals surface area contributed by atoms with Gasteiger partial charge in [-0.25, -0.2) is 0 Å². The molecule has 11 aromatic rings. The van der Waals surface area contributed by atoms with Crippen molar-refractivity contribution in [3.8, 4) is 39.1 Å². The second kappa shape index (κ2) is 13.8. The number of hydrogen-bond donors (Lipinski definition) is 0. The SMILES string of the molecule is c1ccc(-c2ccc(-c3c(N(c4ccc(-c5ccccc5)cc4)c4ccc5c6ccccc6n(-c6ccccc6)c5c4)ccc4sc5ccccc5c34)cc2)cc1. The minimum Gasteiger partial charge on any atom is -0.310 e. The smallest absolute Gasteiger partial charge is 0.0561 e. The summed E-state index contributed by atoms with van der Waals surface area (Å²) in [4.78, 5) is 2.47. The van der Waals surface area contributed by atoms with E-state index in [0.717, 1.165) is 22.7 Å². The molecule has 0 unspecified atom stereocenters. The topological polar surface area (TPSA) is 8.17 Å². The summed E-state index contributed by atoms with van der Waals surface area (Å²) in [5.74, 6) is 0. The summed E-state index contributed by atoms with van der Waals surface area (Å²) in [6.07, 6.45) is 0. The van der Waals surface area contributed by atoms with Gasteiger partial charge in [0.1, 0.15) is 0 Å². The first-order valence-corrected chi connectivity index (χ1v) is 20.2. The Labute approximate surface area is 335 Å². The zero-order valence-electron chi connectivity index (χ0n) is 31.1. The van der Waals surface area contributed by atoms with Crippen molar-refractivity contribution >= 4 is 70.4 Å². The largest absolute Gasteiger partial charge is 0.310 e. The number of thiophene rings is 1. The number of fused-ring (bicyclic) bond motifs is 6. The Balaban J connectivity index is 1.19. The third-order valence-electron chi connectivity index (χ3n) is 11.2. The maximum atomic E-state index is 2.47. The first-order chi connectivity index (χ1) is 28.3. The molecule has 0 aliphatic rings. The first-order valence-electron chi connectivity index (χ1n) is 19.4. The fourth-order valence-electron chi connectivity index (χ4n) is 8.56. The van der Waals surface area contributed by atoms with Crippen molar-refractivity contribution in [2.75, 3.05) is 4.90 Å². The maximum Gasteiger partial charge on any atom is 0.0561 e. The first kappa shape index (κ1) is 33.2. The van der Waals surface area contributed by atoms with Gasteiger partial charge in [0.05, 0.1) is 16.7 Å². The van der Waals surface area contributed by atoms with Crippen LogP contribution in [0.5, 0.6) is 0 Å². The molecule has 268 valence electrons. The van der Waals surface area contributed by atoms with Crippen molar-refractivity contribution in [2.45, 2.75) is 0 Å². The molecule has 11 rings (SSSR count). The van der Waals surface area contributed by atoms with Crippen LogP contribution in [0.15, 0.2) is 218 Å². The highest BCUT2D eigenvalue weighted by molar-refractivity contribution is 7.26. The van der Waals surface area contributed by atoms with E-state index in [4.69, 9.17) is 0 Å². The molecular weight excluding hydrogens is 709 g/mol. The minimum atomic E-state index is 1.09. The van der Waals surface area contributed by atoms with E-state index in [2.05, 4.69) is 228 Å². The Morgan fingerprint density at radius 1 is 0.351 bits per heavy atom. The number of anilines is 3. The van der Waals surface area contributed by atoms with Crippen molar-refractivity contribution in [1.82, 2.24) is 4.57 Å². The predicted molar refractivity (Wildman–Crippen MR) is 245 cm³/mol. The molecule has 3 heteroatoms. The second-order valence-electron chi connectivity index (χ2n) is 14.5. The van der Waals surface area contributed by atoms with Crippen LogP contribution in [0, 0.1) is 0 Å². The highest BCUT2D eigenvalue weighted by Gasteiger charge is 2.23. The predicted octanol–water partition coefficient (Wildman–Crippen LogP) is 15.6. The molecular formula is C54H36N2S. The van der Waals surface area contributed by atoms with Crippen LogP contribution in [-0.4, -0.2) is 4.57 Å². The Hall–Kier alpha value is -7.20. The number of hydrogen-bond acceptors (Lipinski definition) is 2. The Kier molecular flexibility index (Phi) is 8.04. The average Bonchev–Trinajstić information content (AvgIpc) is 3.83. The Morgan fingerprint density at radius 3 is 1.58 bits per heavy atom. The quantitative estimate of drug-likeness (QED) is 0.158. The van der Waals surface area contributed by atoms with E-state index >= 15 is 0 Å². The normalized spacial score (nSPS) is 11.5. The standard InChI is InChI=1S/C54H36N2S/c1-4-14-37(15-5-1)39-24-26-41(27-25-39)53-49(34-35-52-54(53)47-21-11-13-23-51(47)57-52)55(43-30-28-40(29-31-43)38-16-6-2-7-17-38)44-32-33-46-45-20-10-12-22-48(45)56(50(46)36-44)42-18-8-3-9-19-42/h1-36H. The maximum absolute atomic E-state index is 2.47. The summed E-state index contributed by atoms with van der Waals surface area (Å²) >= 11 is 1.86. The molecule has 0 bridgehead atoms. The summed E-state index contributed by atoms with van der Waals surface area (Å²) in [6, 6.07) is 79.4. The lowest BCUT2D eigenvalue weighted by atomic mass is 9.94. The molecule has 0 spiro atoms. The average molecular weight is 745 g/mol. The molecule has 2 nitrogen and oxygen atoms in total. The fourth-order valence-corrected chi connectivity index (χ4v) is 9.67. The zero-order valence-corrected chi connectivity index (χ0v) is 31.9. The van der Waals surface area contributed by atoms with Crippen molar-refractivity contribution < 1.29 is 0 Å². The zero-order chi connectivity index (χ0) is 37.7. The van der Waals surface area contributed by atoms with Crippen molar-refractivity contribution in [3.63, 3.8) is 0 Å². The van der Waals surface area contributed by atoms with Crippen LogP contribution in [-0.2, 0) is 0 Å². The summed E-state index contributed by atoms with van der Waals surface area (Å²) in [6.45, 7) is 0. The third-order valence-corrected chi connectivity index (χ3v) is 12.3. The van der Waals surface area contributed by atoms with Gasteiger partial charge in [-0.15, -0.1) is 11.3 Å². The molecule has 0 aliphatic heterocycles. The van der Waals surface area contributed by atoms with Gasteiger partial charge in [-0.3, -0.25) is 0 Å². The second-order valence-corrected chi connectivity index (χ2v) is 15.6. The molecule has 0 radical (unpaired) electrons. The van der Waals surface area contributed by atoms with Crippen molar-refractivity contribution in [3.05, 3.63) is 218 Å². The molecule has 0 N–H and O–H groups in total. The van der Waals surface area contributed by atoms with Gasteiger partial charge in [-0.05, 0) is 88.5 Å². The van der Waals surface area contributed by atoms with E-state index in [1.807, 2.05) is 11.3 Å². The number of benzene rings is 9. The van der Waals surface area contributed by atoms with Crippen molar-refractivity contribution in [1.29, 1.82) is 0 Å². The van der Waals surface area contributed by atoms with E-state index in [9.17, 15) is 0 Å².